The number of aromatic nitrogens is 2. The first kappa shape index (κ1) is 22.7. The van der Waals surface area contributed by atoms with Crippen molar-refractivity contribution in [1.82, 2.24) is 9.97 Å². The summed E-state index contributed by atoms with van der Waals surface area (Å²) in [7, 11) is 0. The first-order valence-electron chi connectivity index (χ1n) is 9.43. The van der Waals surface area contributed by atoms with Gasteiger partial charge in [-0.25, -0.2) is 0 Å². The molecule has 2 aromatic heterocycles. The zero-order valence-corrected chi connectivity index (χ0v) is 19.6. The third-order valence-corrected chi connectivity index (χ3v) is 4.27. The molecule has 4 rings (SSSR count). The van der Waals surface area contributed by atoms with Crippen LogP contribution in [0, 0.1) is 33.8 Å². The fourth-order valence-electron chi connectivity index (χ4n) is 3.21. The van der Waals surface area contributed by atoms with Crippen molar-refractivity contribution in [2.24, 2.45) is 0 Å². The summed E-state index contributed by atoms with van der Waals surface area (Å²) in [5.74, 6) is 0. The van der Waals surface area contributed by atoms with Gasteiger partial charge in [0.05, 0.1) is 5.69 Å². The summed E-state index contributed by atoms with van der Waals surface area (Å²) in [6.07, 6.45) is 3.63. The van der Waals surface area contributed by atoms with E-state index in [2.05, 4.69) is 74.1 Å². The van der Waals surface area contributed by atoms with E-state index in [9.17, 15) is 0 Å². The van der Waals surface area contributed by atoms with Crippen molar-refractivity contribution in [3.05, 3.63) is 107 Å². The second-order valence-corrected chi connectivity index (χ2v) is 7.06. The van der Waals surface area contributed by atoms with E-state index in [1.807, 2.05) is 42.6 Å². The van der Waals surface area contributed by atoms with Gasteiger partial charge < -0.3 is 4.98 Å². The minimum Gasteiger partial charge on any atom is -0.305 e. The molecule has 2 aromatic carbocycles. The van der Waals surface area contributed by atoms with Crippen molar-refractivity contribution < 1.29 is 20.1 Å². The quantitative estimate of drug-likeness (QED) is 0.262. The maximum Gasteiger partial charge on any atom is 0.0702 e. The van der Waals surface area contributed by atoms with Crippen LogP contribution in [0.2, 0.25) is 0 Å². The van der Waals surface area contributed by atoms with Crippen LogP contribution in [0.1, 0.15) is 22.3 Å². The van der Waals surface area contributed by atoms with Crippen LogP contribution in [-0.4, -0.2) is 9.97 Å². The number of benzene rings is 2. The van der Waals surface area contributed by atoms with Crippen molar-refractivity contribution in [3.63, 3.8) is 0 Å². The third kappa shape index (κ3) is 6.74. The molecular weight excluding hydrogens is 533 g/mol. The first-order chi connectivity index (χ1) is 13.5. The summed E-state index contributed by atoms with van der Waals surface area (Å²) in [6, 6.07) is 25.9. The molecule has 29 heavy (non-hydrogen) atoms. The van der Waals surface area contributed by atoms with Gasteiger partial charge in [0, 0.05) is 38.1 Å². The number of pyridine rings is 2. The first-order valence-corrected chi connectivity index (χ1v) is 9.43. The molecule has 0 aliphatic heterocycles. The molecule has 0 N–H and O–H groups in total. The molecule has 0 aliphatic rings. The van der Waals surface area contributed by atoms with E-state index < -0.39 is 0 Å². The van der Waals surface area contributed by atoms with E-state index in [4.69, 9.17) is 0 Å². The summed E-state index contributed by atoms with van der Waals surface area (Å²) in [4.78, 5) is 8.63. The fraction of sp³-hybridized carbons (Fsp3) is 0.154. The molecule has 4 aromatic rings. The minimum atomic E-state index is 0. The Morgan fingerprint density at radius 3 is 1.69 bits per heavy atom. The summed E-state index contributed by atoms with van der Waals surface area (Å²) in [5.41, 5.74) is 9.27. The second kappa shape index (κ2) is 10.8. The van der Waals surface area contributed by atoms with Gasteiger partial charge in [0.1, 0.15) is 0 Å². The Hall–Kier alpha value is -2.61. The van der Waals surface area contributed by atoms with Crippen LogP contribution in [0.25, 0.3) is 22.5 Å². The molecule has 0 unspecified atom stereocenters. The van der Waals surface area contributed by atoms with Gasteiger partial charge in [-0.1, -0.05) is 49.2 Å². The van der Waals surface area contributed by atoms with E-state index in [-0.39, 0.29) is 20.1 Å². The van der Waals surface area contributed by atoms with Crippen LogP contribution in [0.3, 0.4) is 0 Å². The average molecular weight is 558 g/mol. The Morgan fingerprint density at radius 1 is 0.621 bits per heavy atom. The van der Waals surface area contributed by atoms with E-state index in [0.717, 1.165) is 22.5 Å². The summed E-state index contributed by atoms with van der Waals surface area (Å²) in [6.45, 7) is 8.37. The second-order valence-electron chi connectivity index (χ2n) is 7.06. The number of aryl methyl sites for hydroxylation is 4. The van der Waals surface area contributed by atoms with E-state index in [1.54, 1.807) is 6.20 Å². The average Bonchev–Trinajstić information content (AvgIpc) is 2.68. The monoisotopic (exact) mass is 558 g/mol. The molecule has 0 spiro atoms. The molecule has 2 nitrogen and oxygen atoms in total. The van der Waals surface area contributed by atoms with E-state index in [1.165, 1.54) is 22.3 Å². The van der Waals surface area contributed by atoms with Crippen molar-refractivity contribution in [2.75, 3.05) is 0 Å². The summed E-state index contributed by atoms with van der Waals surface area (Å²) < 4.78 is 0. The van der Waals surface area contributed by atoms with Crippen molar-refractivity contribution in [1.29, 1.82) is 0 Å². The largest absolute Gasteiger partial charge is 0.305 e. The van der Waals surface area contributed by atoms with Crippen LogP contribution in [0.4, 0.5) is 0 Å². The van der Waals surface area contributed by atoms with Gasteiger partial charge >= 0.3 is 0 Å². The van der Waals surface area contributed by atoms with E-state index in [0.29, 0.717) is 0 Å². The Morgan fingerprint density at radius 2 is 1.17 bits per heavy atom. The summed E-state index contributed by atoms with van der Waals surface area (Å²) >= 11 is 0. The van der Waals surface area contributed by atoms with Gasteiger partial charge in [-0.3, -0.25) is 4.98 Å². The van der Waals surface area contributed by atoms with Gasteiger partial charge in [0.25, 0.3) is 0 Å². The minimum absolute atomic E-state index is 0. The van der Waals surface area contributed by atoms with Gasteiger partial charge in [0.2, 0.25) is 0 Å². The Labute approximate surface area is 187 Å². The van der Waals surface area contributed by atoms with Crippen LogP contribution >= 0.6 is 0 Å². The fourth-order valence-corrected chi connectivity index (χ4v) is 3.21. The van der Waals surface area contributed by atoms with Crippen molar-refractivity contribution >= 4 is 0 Å². The third-order valence-electron chi connectivity index (χ3n) is 4.27. The van der Waals surface area contributed by atoms with Gasteiger partial charge in [-0.05, 0) is 49.9 Å². The predicted molar refractivity (Wildman–Crippen MR) is 117 cm³/mol. The van der Waals surface area contributed by atoms with Crippen LogP contribution in [-0.2, 0) is 20.1 Å². The SMILES string of the molecule is Cc1[c-]c(-c2ccccn2)cc(C)c1.Cc1cc(C)cc(-c2ccccn2)c1.[Ir]. The zero-order chi connectivity index (χ0) is 19.9. The number of hydrogen-bond acceptors (Lipinski definition) is 2. The van der Waals surface area contributed by atoms with Crippen LogP contribution in [0.15, 0.2) is 79.1 Å². The molecule has 0 saturated carbocycles. The van der Waals surface area contributed by atoms with Crippen molar-refractivity contribution in [3.8, 4) is 22.5 Å². The molecule has 0 bridgehead atoms. The molecule has 0 atom stereocenters. The Kier molecular flexibility index (Phi) is 8.45. The number of rotatable bonds is 2. The van der Waals surface area contributed by atoms with Crippen LogP contribution in [0.5, 0.6) is 0 Å². The summed E-state index contributed by atoms with van der Waals surface area (Å²) in [5, 5.41) is 0. The smallest absolute Gasteiger partial charge is 0.0702 e. The molecule has 149 valence electrons. The molecule has 0 saturated heterocycles. The molecule has 0 amide bonds. The molecule has 3 heteroatoms. The molecule has 2 heterocycles. The predicted octanol–water partition coefficient (Wildman–Crippen LogP) is 6.53. The Balaban J connectivity index is 0.000000200. The van der Waals surface area contributed by atoms with E-state index >= 15 is 0 Å². The molecular formula is C26H25IrN2-. The maximum atomic E-state index is 4.33. The van der Waals surface area contributed by atoms with Gasteiger partial charge in [0.15, 0.2) is 0 Å². The number of nitrogens with zero attached hydrogens (tertiary/aromatic N) is 2. The standard InChI is InChI=1S/C13H13N.C13H12N.Ir/c2*1-10-7-11(2)9-12(8-10)13-5-3-4-6-14-13;/h3-9H,1-2H3;3-8H,1-2H3;/q;-1;. The maximum absolute atomic E-state index is 4.33. The normalized spacial score (nSPS) is 9.79. The van der Waals surface area contributed by atoms with Gasteiger partial charge in [-0.15, -0.1) is 34.9 Å². The van der Waals surface area contributed by atoms with Crippen molar-refractivity contribution in [2.45, 2.75) is 27.7 Å². The molecule has 0 aliphatic carbocycles. The molecule has 1 radical (unpaired) electrons. The topological polar surface area (TPSA) is 25.8 Å². The Bertz CT molecular complexity index is 917. The number of hydrogen-bond donors (Lipinski definition) is 0. The molecule has 0 fully saturated rings. The zero-order valence-electron chi connectivity index (χ0n) is 17.2. The van der Waals surface area contributed by atoms with Crippen LogP contribution < -0.4 is 0 Å². The van der Waals surface area contributed by atoms with Gasteiger partial charge in [-0.2, -0.15) is 0 Å².